The van der Waals surface area contributed by atoms with Crippen LogP contribution in [0.3, 0.4) is 0 Å². The van der Waals surface area contributed by atoms with Crippen molar-refractivity contribution in [3.63, 3.8) is 0 Å². The first kappa shape index (κ1) is 18.5. The van der Waals surface area contributed by atoms with E-state index in [-0.39, 0.29) is 0 Å². The summed E-state index contributed by atoms with van der Waals surface area (Å²) in [5.41, 5.74) is 0. The molecule has 3 heteroatoms. The highest BCUT2D eigenvalue weighted by molar-refractivity contribution is 5.31. The van der Waals surface area contributed by atoms with Crippen molar-refractivity contribution < 1.29 is 15.3 Å². The fourth-order valence-electron chi connectivity index (χ4n) is 1.44. The maximum Gasteiger partial charge on any atom is 0.134 e. The van der Waals surface area contributed by atoms with Crippen LogP contribution >= 0.6 is 0 Å². The van der Waals surface area contributed by atoms with Crippen molar-refractivity contribution in [1.82, 2.24) is 0 Å². The summed E-state index contributed by atoms with van der Waals surface area (Å²) in [6, 6.07) is 0. The summed E-state index contributed by atoms with van der Waals surface area (Å²) in [6.07, 6.45) is 7.02. The number of unbranched alkanes of at least 4 members (excludes halogenated alkanes) is 3. The average molecular weight is 276 g/mol. The Hall–Kier alpha value is -1.52. The molecule has 0 spiro atoms. The highest BCUT2D eigenvalue weighted by Gasteiger charge is 1.99. The summed E-state index contributed by atoms with van der Waals surface area (Å²) >= 11 is 0. The van der Waals surface area contributed by atoms with Crippen LogP contribution in [0.5, 0.6) is 0 Å². The standard InChI is InChI=1S/C17H24O3/c1-3-5-6-7-11-16(19)13-14-17(20)12-9-8-10-15(18)4-2/h4,13-20H,2-3,5-7,11H2,1H3/b14-13-. The number of aliphatic hydroxyl groups is 3. The Morgan fingerprint density at radius 2 is 1.60 bits per heavy atom. The van der Waals surface area contributed by atoms with Crippen molar-refractivity contribution in [1.29, 1.82) is 0 Å². The van der Waals surface area contributed by atoms with Gasteiger partial charge in [-0.2, -0.15) is 0 Å². The molecule has 3 nitrogen and oxygen atoms in total. The molecule has 0 radical (unpaired) electrons. The van der Waals surface area contributed by atoms with Crippen molar-refractivity contribution in [2.24, 2.45) is 0 Å². The second-order valence-corrected chi connectivity index (χ2v) is 4.47. The third kappa shape index (κ3) is 11.6. The Morgan fingerprint density at radius 1 is 0.950 bits per heavy atom. The van der Waals surface area contributed by atoms with E-state index in [1.54, 1.807) is 6.08 Å². The first-order chi connectivity index (χ1) is 9.60. The molecule has 3 atom stereocenters. The van der Waals surface area contributed by atoms with E-state index in [1.165, 1.54) is 25.0 Å². The largest absolute Gasteiger partial charge is 0.389 e. The Morgan fingerprint density at radius 3 is 2.20 bits per heavy atom. The van der Waals surface area contributed by atoms with Crippen LogP contribution < -0.4 is 0 Å². The summed E-state index contributed by atoms with van der Waals surface area (Å²) in [4.78, 5) is 0. The van der Waals surface area contributed by atoms with Crippen LogP contribution in [-0.4, -0.2) is 33.6 Å². The van der Waals surface area contributed by atoms with E-state index in [0.29, 0.717) is 6.42 Å². The van der Waals surface area contributed by atoms with Crippen molar-refractivity contribution in [3.05, 3.63) is 24.8 Å². The molecule has 0 aromatic heterocycles. The molecule has 0 aromatic rings. The molecule has 20 heavy (non-hydrogen) atoms. The van der Waals surface area contributed by atoms with E-state index < -0.39 is 18.3 Å². The van der Waals surface area contributed by atoms with E-state index in [1.807, 2.05) is 0 Å². The quantitative estimate of drug-likeness (QED) is 0.360. The molecule has 0 bridgehead atoms. The van der Waals surface area contributed by atoms with Gasteiger partial charge in [0.25, 0.3) is 0 Å². The van der Waals surface area contributed by atoms with Crippen LogP contribution in [0.2, 0.25) is 0 Å². The molecule has 110 valence electrons. The minimum atomic E-state index is -0.963. The minimum absolute atomic E-state index is 0.544. The zero-order chi connectivity index (χ0) is 15.2. The second-order valence-electron chi connectivity index (χ2n) is 4.47. The summed E-state index contributed by atoms with van der Waals surface area (Å²) < 4.78 is 0. The molecule has 0 aliphatic rings. The molecular weight excluding hydrogens is 252 g/mol. The molecule has 0 heterocycles. The van der Waals surface area contributed by atoms with Crippen LogP contribution in [0, 0.1) is 23.7 Å². The van der Waals surface area contributed by atoms with Crippen molar-refractivity contribution >= 4 is 0 Å². The fourth-order valence-corrected chi connectivity index (χ4v) is 1.44. The van der Waals surface area contributed by atoms with Crippen LogP contribution in [0.25, 0.3) is 0 Å². The van der Waals surface area contributed by atoms with Gasteiger partial charge in [0, 0.05) is 0 Å². The van der Waals surface area contributed by atoms with Crippen molar-refractivity contribution in [2.45, 2.75) is 57.3 Å². The Bertz CT molecular complexity index is 403. The van der Waals surface area contributed by atoms with Gasteiger partial charge >= 0.3 is 0 Å². The first-order valence-corrected chi connectivity index (χ1v) is 6.96. The van der Waals surface area contributed by atoms with Gasteiger partial charge in [-0.3, -0.25) is 0 Å². The summed E-state index contributed by atoms with van der Waals surface area (Å²) in [5, 5.41) is 28.2. The lowest BCUT2D eigenvalue weighted by atomic mass is 10.1. The van der Waals surface area contributed by atoms with Gasteiger partial charge < -0.3 is 15.3 Å². The van der Waals surface area contributed by atoms with Crippen LogP contribution in [0.1, 0.15) is 39.0 Å². The second kappa shape index (κ2) is 12.5. The predicted octanol–water partition coefficient (Wildman–Crippen LogP) is 1.79. The summed E-state index contributed by atoms with van der Waals surface area (Å²) in [7, 11) is 0. The van der Waals surface area contributed by atoms with Gasteiger partial charge in [-0.1, -0.05) is 63.2 Å². The topological polar surface area (TPSA) is 60.7 Å². The van der Waals surface area contributed by atoms with E-state index in [9.17, 15) is 10.2 Å². The normalized spacial score (nSPS) is 14.6. The van der Waals surface area contributed by atoms with Gasteiger partial charge in [-0.15, -0.1) is 0 Å². The average Bonchev–Trinajstić information content (AvgIpc) is 2.45. The fraction of sp³-hybridized carbons (Fsp3) is 0.529. The molecule has 0 amide bonds. The maximum absolute atomic E-state index is 9.66. The highest BCUT2D eigenvalue weighted by Crippen LogP contribution is 2.06. The lowest BCUT2D eigenvalue weighted by Crippen LogP contribution is -2.05. The van der Waals surface area contributed by atoms with E-state index in [2.05, 4.69) is 37.2 Å². The molecule has 0 rings (SSSR count). The van der Waals surface area contributed by atoms with Gasteiger partial charge in [-0.25, -0.2) is 0 Å². The van der Waals surface area contributed by atoms with E-state index in [4.69, 9.17) is 5.11 Å². The van der Waals surface area contributed by atoms with Crippen LogP contribution in [0.15, 0.2) is 24.8 Å². The SMILES string of the molecule is C=CC(O)C#CC#CC(O)/C=C\C(O)CCCCCC. The third-order valence-corrected chi connectivity index (χ3v) is 2.59. The van der Waals surface area contributed by atoms with Crippen LogP contribution in [-0.2, 0) is 0 Å². The number of aliphatic hydroxyl groups excluding tert-OH is 3. The van der Waals surface area contributed by atoms with Gasteiger partial charge in [0.2, 0.25) is 0 Å². The summed E-state index contributed by atoms with van der Waals surface area (Å²) in [5.74, 6) is 9.75. The monoisotopic (exact) mass is 276 g/mol. The zero-order valence-corrected chi connectivity index (χ0v) is 12.0. The third-order valence-electron chi connectivity index (χ3n) is 2.59. The predicted molar refractivity (Wildman–Crippen MR) is 81.7 cm³/mol. The molecule has 3 unspecified atom stereocenters. The highest BCUT2D eigenvalue weighted by atomic mass is 16.3. The number of hydrogen-bond acceptors (Lipinski definition) is 3. The van der Waals surface area contributed by atoms with Gasteiger partial charge in [0.1, 0.15) is 12.2 Å². The smallest absolute Gasteiger partial charge is 0.134 e. The Balaban J connectivity index is 4.02. The molecule has 3 N–H and O–H groups in total. The molecule has 0 saturated carbocycles. The van der Waals surface area contributed by atoms with Crippen LogP contribution in [0.4, 0.5) is 0 Å². The van der Waals surface area contributed by atoms with Crippen molar-refractivity contribution in [3.8, 4) is 23.7 Å². The molecule has 0 aliphatic carbocycles. The lowest BCUT2D eigenvalue weighted by Gasteiger charge is -2.05. The molecule has 0 aromatic carbocycles. The minimum Gasteiger partial charge on any atom is -0.389 e. The van der Waals surface area contributed by atoms with Gasteiger partial charge in [0.15, 0.2) is 0 Å². The number of rotatable bonds is 8. The number of hydrogen-bond donors (Lipinski definition) is 3. The van der Waals surface area contributed by atoms with E-state index >= 15 is 0 Å². The van der Waals surface area contributed by atoms with Crippen molar-refractivity contribution in [2.75, 3.05) is 0 Å². The maximum atomic E-state index is 9.66. The van der Waals surface area contributed by atoms with Gasteiger partial charge in [-0.05, 0) is 24.3 Å². The zero-order valence-electron chi connectivity index (χ0n) is 12.0. The van der Waals surface area contributed by atoms with Gasteiger partial charge in [0.05, 0.1) is 6.10 Å². The Labute approximate surface area is 122 Å². The lowest BCUT2D eigenvalue weighted by molar-refractivity contribution is 0.205. The molecule has 0 aliphatic heterocycles. The first-order valence-electron chi connectivity index (χ1n) is 6.96. The molecule has 0 fully saturated rings. The Kier molecular flexibility index (Phi) is 11.6. The summed E-state index contributed by atoms with van der Waals surface area (Å²) in [6.45, 7) is 5.51. The van der Waals surface area contributed by atoms with E-state index in [0.717, 1.165) is 12.8 Å². The molecular formula is C17H24O3. The molecule has 0 saturated heterocycles.